The fourth-order valence-corrected chi connectivity index (χ4v) is 4.15. The molecule has 0 saturated heterocycles. The van der Waals surface area contributed by atoms with Crippen molar-refractivity contribution in [3.8, 4) is 5.75 Å². The van der Waals surface area contributed by atoms with Gasteiger partial charge in [0, 0.05) is 43.2 Å². The molecule has 6 nitrogen and oxygen atoms in total. The number of carbonyl (C=O) groups is 2. The minimum absolute atomic E-state index is 0.0195. The van der Waals surface area contributed by atoms with Gasteiger partial charge in [-0.05, 0) is 48.6 Å². The molecule has 1 N–H and O–H groups in total. The summed E-state index contributed by atoms with van der Waals surface area (Å²) in [4.78, 5) is 33.1. The Morgan fingerprint density at radius 1 is 0.912 bits per heavy atom. The number of benzene rings is 2. The molecule has 182 valence electrons. The number of ether oxygens (including phenoxy) is 1. The highest BCUT2D eigenvalue weighted by molar-refractivity contribution is 5.85. The molecule has 6 heteroatoms. The number of hydrogen-bond donors (Lipinski definition) is 1. The van der Waals surface area contributed by atoms with Crippen LogP contribution in [-0.4, -0.2) is 53.3 Å². The summed E-state index contributed by atoms with van der Waals surface area (Å²) >= 11 is 0. The van der Waals surface area contributed by atoms with Crippen LogP contribution in [0.5, 0.6) is 5.75 Å². The zero-order chi connectivity index (χ0) is 24.3. The molecule has 0 aliphatic heterocycles. The fraction of sp³-hybridized carbons (Fsp3) is 0.429. The second-order valence-electron chi connectivity index (χ2n) is 8.69. The van der Waals surface area contributed by atoms with Crippen LogP contribution in [0.4, 0.5) is 0 Å². The van der Waals surface area contributed by atoms with Crippen molar-refractivity contribution in [2.75, 3.05) is 26.7 Å². The van der Waals surface area contributed by atoms with Crippen molar-refractivity contribution in [1.29, 1.82) is 0 Å². The highest BCUT2D eigenvalue weighted by atomic mass is 16.5. The molecule has 1 heterocycles. The van der Waals surface area contributed by atoms with Crippen molar-refractivity contribution in [2.24, 2.45) is 0 Å². The number of methoxy groups -OCH3 is 1. The Morgan fingerprint density at radius 2 is 1.68 bits per heavy atom. The first-order valence-electron chi connectivity index (χ1n) is 12.3. The Hall–Kier alpha value is -3.28. The highest BCUT2D eigenvalue weighted by Gasteiger charge is 2.21. The fourth-order valence-electron chi connectivity index (χ4n) is 4.15. The van der Waals surface area contributed by atoms with Gasteiger partial charge in [0.05, 0.1) is 13.7 Å². The van der Waals surface area contributed by atoms with E-state index in [4.69, 9.17) is 4.74 Å². The van der Waals surface area contributed by atoms with E-state index in [9.17, 15) is 9.59 Å². The number of carbonyl (C=O) groups excluding carboxylic acids is 2. The molecule has 1 aromatic heterocycles. The van der Waals surface area contributed by atoms with E-state index < -0.39 is 0 Å². The summed E-state index contributed by atoms with van der Waals surface area (Å²) in [6, 6.07) is 16.0. The third-order valence-electron chi connectivity index (χ3n) is 6.13. The molecule has 0 bridgehead atoms. The molecule has 0 aliphatic rings. The Balaban J connectivity index is 1.75. The van der Waals surface area contributed by atoms with E-state index in [2.05, 4.69) is 24.0 Å². The average Bonchev–Trinajstić information content (AvgIpc) is 3.28. The second-order valence-corrected chi connectivity index (χ2v) is 8.69. The molecule has 0 radical (unpaired) electrons. The lowest BCUT2D eigenvalue weighted by Gasteiger charge is -2.28. The lowest BCUT2D eigenvalue weighted by atomic mass is 10.1. The third kappa shape index (κ3) is 6.86. The molecular formula is C28H37N3O3. The SMILES string of the molecule is CCCCC(=O)N(CCC)CC(=O)N(CCc1c[nH]c2ccccc12)Cc1ccc(OC)cc1. The Kier molecular flexibility index (Phi) is 9.56. The average molecular weight is 464 g/mol. The van der Waals surface area contributed by atoms with Crippen molar-refractivity contribution in [3.05, 3.63) is 65.9 Å². The minimum atomic E-state index is -0.0195. The molecular weight excluding hydrogens is 426 g/mol. The number of rotatable bonds is 13. The van der Waals surface area contributed by atoms with Crippen LogP contribution in [0.2, 0.25) is 0 Å². The van der Waals surface area contributed by atoms with Crippen LogP contribution >= 0.6 is 0 Å². The molecule has 0 spiro atoms. The van der Waals surface area contributed by atoms with Gasteiger partial charge in [-0.1, -0.05) is 50.6 Å². The van der Waals surface area contributed by atoms with Crippen LogP contribution < -0.4 is 4.74 Å². The summed E-state index contributed by atoms with van der Waals surface area (Å²) in [5.41, 5.74) is 3.32. The van der Waals surface area contributed by atoms with Gasteiger partial charge in [-0.25, -0.2) is 0 Å². The lowest BCUT2D eigenvalue weighted by Crippen LogP contribution is -2.43. The minimum Gasteiger partial charge on any atom is -0.497 e. The van der Waals surface area contributed by atoms with Crippen molar-refractivity contribution in [2.45, 2.75) is 52.5 Å². The number of fused-ring (bicyclic) bond motifs is 1. The summed E-state index contributed by atoms with van der Waals surface area (Å²) in [5, 5.41) is 1.18. The van der Waals surface area contributed by atoms with Gasteiger partial charge in [0.25, 0.3) is 0 Å². The number of para-hydroxylation sites is 1. The van der Waals surface area contributed by atoms with Gasteiger partial charge in [0.15, 0.2) is 0 Å². The van der Waals surface area contributed by atoms with Gasteiger partial charge in [-0.3, -0.25) is 9.59 Å². The lowest BCUT2D eigenvalue weighted by molar-refractivity contribution is -0.141. The highest BCUT2D eigenvalue weighted by Crippen LogP contribution is 2.19. The van der Waals surface area contributed by atoms with Crippen LogP contribution in [0, 0.1) is 0 Å². The van der Waals surface area contributed by atoms with Crippen LogP contribution in [-0.2, 0) is 22.6 Å². The monoisotopic (exact) mass is 463 g/mol. The van der Waals surface area contributed by atoms with E-state index in [1.165, 1.54) is 10.9 Å². The zero-order valence-electron chi connectivity index (χ0n) is 20.7. The van der Waals surface area contributed by atoms with Crippen molar-refractivity contribution >= 4 is 22.7 Å². The number of amides is 2. The van der Waals surface area contributed by atoms with E-state index >= 15 is 0 Å². The largest absolute Gasteiger partial charge is 0.497 e. The third-order valence-corrected chi connectivity index (χ3v) is 6.13. The molecule has 3 aromatic rings. The smallest absolute Gasteiger partial charge is 0.242 e. The predicted molar refractivity (Wildman–Crippen MR) is 137 cm³/mol. The quantitative estimate of drug-likeness (QED) is 0.380. The number of nitrogens with zero attached hydrogens (tertiary/aromatic N) is 2. The Bertz CT molecular complexity index is 1060. The molecule has 0 unspecified atom stereocenters. The predicted octanol–water partition coefficient (Wildman–Crippen LogP) is 5.18. The first-order chi connectivity index (χ1) is 16.5. The summed E-state index contributed by atoms with van der Waals surface area (Å²) in [7, 11) is 1.64. The Labute approximate surface area is 202 Å². The number of hydrogen-bond acceptors (Lipinski definition) is 3. The number of H-pyrrole nitrogens is 1. The number of aromatic nitrogens is 1. The van der Waals surface area contributed by atoms with Gasteiger partial charge in [0.1, 0.15) is 5.75 Å². The maximum Gasteiger partial charge on any atom is 0.242 e. The normalized spacial score (nSPS) is 10.9. The summed E-state index contributed by atoms with van der Waals surface area (Å²) < 4.78 is 5.27. The summed E-state index contributed by atoms with van der Waals surface area (Å²) in [5.74, 6) is 0.836. The maximum atomic E-state index is 13.5. The molecule has 0 atom stereocenters. The van der Waals surface area contributed by atoms with Crippen LogP contribution in [0.15, 0.2) is 54.7 Å². The first-order valence-corrected chi connectivity index (χ1v) is 12.3. The number of nitrogens with one attached hydrogen (secondary N) is 1. The molecule has 2 amide bonds. The van der Waals surface area contributed by atoms with E-state index in [0.29, 0.717) is 26.1 Å². The van der Waals surface area contributed by atoms with Crippen LogP contribution in [0.3, 0.4) is 0 Å². The topological polar surface area (TPSA) is 65.6 Å². The van der Waals surface area contributed by atoms with E-state index in [0.717, 1.165) is 42.5 Å². The van der Waals surface area contributed by atoms with Crippen molar-refractivity contribution in [3.63, 3.8) is 0 Å². The number of aromatic amines is 1. The summed E-state index contributed by atoms with van der Waals surface area (Å²) in [6.07, 6.45) is 5.91. The zero-order valence-corrected chi connectivity index (χ0v) is 20.7. The van der Waals surface area contributed by atoms with E-state index in [-0.39, 0.29) is 18.4 Å². The van der Waals surface area contributed by atoms with Gasteiger partial charge >= 0.3 is 0 Å². The van der Waals surface area contributed by atoms with Crippen LogP contribution in [0.1, 0.15) is 50.7 Å². The molecule has 3 rings (SSSR count). The molecule has 0 saturated carbocycles. The second kappa shape index (κ2) is 12.8. The molecule has 0 aliphatic carbocycles. The molecule has 0 fully saturated rings. The van der Waals surface area contributed by atoms with Gasteiger partial charge in [0.2, 0.25) is 11.8 Å². The van der Waals surface area contributed by atoms with Gasteiger partial charge in [-0.2, -0.15) is 0 Å². The Morgan fingerprint density at radius 3 is 2.38 bits per heavy atom. The van der Waals surface area contributed by atoms with Gasteiger partial charge < -0.3 is 19.5 Å². The van der Waals surface area contributed by atoms with E-state index in [1.54, 1.807) is 12.0 Å². The van der Waals surface area contributed by atoms with Crippen molar-refractivity contribution < 1.29 is 14.3 Å². The first kappa shape index (κ1) is 25.3. The molecule has 2 aromatic carbocycles. The molecule has 34 heavy (non-hydrogen) atoms. The number of unbranched alkanes of at least 4 members (excludes halogenated alkanes) is 1. The van der Waals surface area contributed by atoms with E-state index in [1.807, 2.05) is 54.4 Å². The van der Waals surface area contributed by atoms with Crippen LogP contribution in [0.25, 0.3) is 10.9 Å². The van der Waals surface area contributed by atoms with Gasteiger partial charge in [-0.15, -0.1) is 0 Å². The standard InChI is InChI=1S/C28H37N3O3/c1-4-6-11-27(32)30(17-5-2)21-28(33)31(20-22-12-14-24(34-3)15-13-22)18-16-23-19-29-26-10-8-7-9-25(23)26/h7-10,12-15,19,29H,4-6,11,16-18,20-21H2,1-3H3. The maximum absolute atomic E-state index is 13.5. The summed E-state index contributed by atoms with van der Waals surface area (Å²) in [6.45, 7) is 5.91. The van der Waals surface area contributed by atoms with Crippen molar-refractivity contribution in [1.82, 2.24) is 14.8 Å².